The number of hydrogen-bond acceptors (Lipinski definition) is 5. The van der Waals surface area contributed by atoms with Crippen molar-refractivity contribution in [1.29, 1.82) is 0 Å². The van der Waals surface area contributed by atoms with Crippen LogP contribution in [-0.2, 0) is 10.0 Å². The zero-order chi connectivity index (χ0) is 16.3. The Labute approximate surface area is 146 Å². The predicted octanol–water partition coefficient (Wildman–Crippen LogP) is 2.34. The summed E-state index contributed by atoms with van der Waals surface area (Å²) in [6.45, 7) is 3.52. The second-order valence-corrected chi connectivity index (χ2v) is 7.48. The normalized spacial score (nSPS) is 19.7. The molecule has 23 heavy (non-hydrogen) atoms. The molecule has 0 saturated carbocycles. The van der Waals surface area contributed by atoms with E-state index in [0.29, 0.717) is 0 Å². The van der Waals surface area contributed by atoms with Crippen molar-refractivity contribution in [3.05, 3.63) is 33.3 Å². The Morgan fingerprint density at radius 2 is 2.17 bits per heavy atom. The minimum atomic E-state index is -3.81. The molecule has 1 aromatic rings. The van der Waals surface area contributed by atoms with Gasteiger partial charge in [0.2, 0.25) is 10.0 Å². The largest absolute Gasteiger partial charge is 0.316 e. The van der Waals surface area contributed by atoms with Gasteiger partial charge in [-0.15, -0.1) is 12.4 Å². The Hall–Kier alpha value is -0.930. The molecule has 7 nitrogen and oxygen atoms in total. The van der Waals surface area contributed by atoms with Gasteiger partial charge in [-0.2, -0.15) is 0 Å². The van der Waals surface area contributed by atoms with Gasteiger partial charge in [0.05, 0.1) is 9.95 Å². The van der Waals surface area contributed by atoms with Gasteiger partial charge in [-0.05, 0) is 44.8 Å². The third kappa shape index (κ3) is 5.02. The van der Waals surface area contributed by atoms with Crippen LogP contribution in [0.1, 0.15) is 19.8 Å². The summed E-state index contributed by atoms with van der Waals surface area (Å²) in [6.07, 6.45) is 1.96. The van der Waals surface area contributed by atoms with Crippen LogP contribution in [0.5, 0.6) is 0 Å². The maximum atomic E-state index is 12.4. The Balaban J connectivity index is 0.00000264. The Bertz CT molecular complexity index is 663. The van der Waals surface area contributed by atoms with Crippen molar-refractivity contribution in [2.24, 2.45) is 5.92 Å². The van der Waals surface area contributed by atoms with E-state index in [9.17, 15) is 18.5 Å². The first-order valence-electron chi connectivity index (χ1n) is 6.98. The molecule has 1 fully saturated rings. The molecule has 1 aliphatic rings. The second-order valence-electron chi connectivity index (χ2n) is 5.39. The summed E-state index contributed by atoms with van der Waals surface area (Å²) in [6, 6.07) is 3.09. The number of rotatable bonds is 5. The third-order valence-corrected chi connectivity index (χ3v) is 5.84. The molecular formula is C13H19Cl2N3O4S. The molecule has 1 aliphatic heterocycles. The molecular weight excluding hydrogens is 365 g/mol. The van der Waals surface area contributed by atoms with Gasteiger partial charge < -0.3 is 5.32 Å². The van der Waals surface area contributed by atoms with Crippen molar-refractivity contribution in [3.8, 4) is 0 Å². The standard InChI is InChI=1S/C13H18ClN3O4S.ClH/c1-9(10-3-2-6-15-8-10)16-22(20,21)13-5-4-11(17(18)19)7-12(13)14;/h4-5,7,9-10,15-16H,2-3,6,8H2,1H3;1H. The molecule has 1 aromatic carbocycles. The van der Waals surface area contributed by atoms with E-state index in [0.717, 1.165) is 44.1 Å². The molecule has 0 spiro atoms. The molecule has 0 aliphatic carbocycles. The highest BCUT2D eigenvalue weighted by Gasteiger charge is 2.27. The zero-order valence-corrected chi connectivity index (χ0v) is 14.9. The SMILES string of the molecule is CC(NS(=O)(=O)c1ccc([N+](=O)[O-])cc1Cl)C1CCCNC1.Cl. The highest BCUT2D eigenvalue weighted by Crippen LogP contribution is 2.27. The van der Waals surface area contributed by atoms with Gasteiger partial charge in [-0.25, -0.2) is 13.1 Å². The molecule has 2 N–H and O–H groups in total. The van der Waals surface area contributed by atoms with E-state index in [1.54, 1.807) is 0 Å². The van der Waals surface area contributed by atoms with Crippen molar-refractivity contribution in [2.45, 2.75) is 30.7 Å². The third-order valence-electron chi connectivity index (χ3n) is 3.80. The fraction of sp³-hybridized carbons (Fsp3) is 0.538. The number of nitro groups is 1. The maximum Gasteiger partial charge on any atom is 0.271 e. The first-order chi connectivity index (χ1) is 10.3. The summed E-state index contributed by atoms with van der Waals surface area (Å²) in [5.41, 5.74) is -0.242. The molecule has 1 heterocycles. The smallest absolute Gasteiger partial charge is 0.271 e. The van der Waals surface area contributed by atoms with Gasteiger partial charge in [0, 0.05) is 18.2 Å². The first kappa shape index (κ1) is 20.1. The van der Waals surface area contributed by atoms with Crippen LogP contribution in [0.4, 0.5) is 5.69 Å². The number of nitrogens with one attached hydrogen (secondary N) is 2. The van der Waals surface area contributed by atoms with Crippen LogP contribution in [0.25, 0.3) is 0 Å². The summed E-state index contributed by atoms with van der Waals surface area (Å²) in [5, 5.41) is 13.8. The van der Waals surface area contributed by atoms with Gasteiger partial charge in [-0.1, -0.05) is 11.6 Å². The second kappa shape index (κ2) is 8.25. The number of sulfonamides is 1. The summed E-state index contributed by atoms with van der Waals surface area (Å²) < 4.78 is 27.4. The lowest BCUT2D eigenvalue weighted by atomic mass is 9.94. The van der Waals surface area contributed by atoms with Crippen LogP contribution in [0.3, 0.4) is 0 Å². The van der Waals surface area contributed by atoms with Crippen molar-refractivity contribution in [1.82, 2.24) is 10.0 Å². The average Bonchev–Trinajstić information content (AvgIpc) is 2.47. The van der Waals surface area contributed by atoms with Gasteiger partial charge in [-0.3, -0.25) is 10.1 Å². The van der Waals surface area contributed by atoms with E-state index in [1.807, 2.05) is 6.92 Å². The van der Waals surface area contributed by atoms with E-state index in [2.05, 4.69) is 10.0 Å². The predicted molar refractivity (Wildman–Crippen MR) is 90.7 cm³/mol. The number of non-ortho nitro benzene ring substituents is 1. The minimum absolute atomic E-state index is 0. The summed E-state index contributed by atoms with van der Waals surface area (Å²) >= 11 is 5.89. The molecule has 2 atom stereocenters. The lowest BCUT2D eigenvalue weighted by molar-refractivity contribution is -0.384. The van der Waals surface area contributed by atoms with E-state index in [-0.39, 0.29) is 40.0 Å². The zero-order valence-electron chi connectivity index (χ0n) is 12.5. The lowest BCUT2D eigenvalue weighted by Gasteiger charge is -2.28. The highest BCUT2D eigenvalue weighted by atomic mass is 35.5. The van der Waals surface area contributed by atoms with E-state index >= 15 is 0 Å². The van der Waals surface area contributed by atoms with Crippen molar-refractivity contribution < 1.29 is 13.3 Å². The highest BCUT2D eigenvalue weighted by molar-refractivity contribution is 7.89. The Morgan fingerprint density at radius 1 is 1.48 bits per heavy atom. The maximum absolute atomic E-state index is 12.4. The van der Waals surface area contributed by atoms with Crippen LogP contribution in [-0.4, -0.2) is 32.5 Å². The van der Waals surface area contributed by atoms with E-state index < -0.39 is 14.9 Å². The first-order valence-corrected chi connectivity index (χ1v) is 8.84. The number of piperidine rings is 1. The molecule has 0 radical (unpaired) electrons. The number of hydrogen-bond donors (Lipinski definition) is 2. The monoisotopic (exact) mass is 383 g/mol. The molecule has 2 unspecified atom stereocenters. The quantitative estimate of drug-likeness (QED) is 0.599. The molecule has 2 rings (SSSR count). The van der Waals surface area contributed by atoms with Gasteiger partial charge in [0.25, 0.3) is 5.69 Å². The Morgan fingerprint density at radius 3 is 2.70 bits per heavy atom. The van der Waals surface area contributed by atoms with Crippen molar-refractivity contribution in [2.75, 3.05) is 13.1 Å². The summed E-state index contributed by atoms with van der Waals surface area (Å²) in [4.78, 5) is 9.91. The number of nitro benzene ring substituents is 1. The van der Waals surface area contributed by atoms with Crippen LogP contribution in [0.2, 0.25) is 5.02 Å². The molecule has 130 valence electrons. The van der Waals surface area contributed by atoms with Crippen LogP contribution >= 0.6 is 24.0 Å². The topological polar surface area (TPSA) is 101 Å². The molecule has 0 aromatic heterocycles. The molecule has 0 bridgehead atoms. The molecule has 1 saturated heterocycles. The lowest BCUT2D eigenvalue weighted by Crippen LogP contribution is -2.44. The number of nitrogens with zero attached hydrogens (tertiary/aromatic N) is 1. The minimum Gasteiger partial charge on any atom is -0.316 e. The van der Waals surface area contributed by atoms with Crippen LogP contribution in [0.15, 0.2) is 23.1 Å². The molecule has 10 heteroatoms. The average molecular weight is 384 g/mol. The van der Waals surface area contributed by atoms with Gasteiger partial charge in [0.15, 0.2) is 0 Å². The Kier molecular flexibility index (Phi) is 7.22. The summed E-state index contributed by atoms with van der Waals surface area (Å²) in [7, 11) is -3.81. The fourth-order valence-corrected chi connectivity index (χ4v) is 4.38. The van der Waals surface area contributed by atoms with Crippen LogP contribution < -0.4 is 10.0 Å². The van der Waals surface area contributed by atoms with Crippen molar-refractivity contribution >= 4 is 39.7 Å². The van der Waals surface area contributed by atoms with Crippen molar-refractivity contribution in [3.63, 3.8) is 0 Å². The number of benzene rings is 1. The van der Waals surface area contributed by atoms with E-state index in [4.69, 9.17) is 11.6 Å². The fourth-order valence-electron chi connectivity index (χ4n) is 2.53. The molecule has 0 amide bonds. The van der Waals surface area contributed by atoms with Gasteiger partial charge >= 0.3 is 0 Å². The number of halogens is 2. The van der Waals surface area contributed by atoms with E-state index in [1.165, 1.54) is 0 Å². The van der Waals surface area contributed by atoms with Gasteiger partial charge in [0.1, 0.15) is 4.90 Å². The summed E-state index contributed by atoms with van der Waals surface area (Å²) in [5.74, 6) is 0.209. The van der Waals surface area contributed by atoms with Crippen LogP contribution in [0, 0.1) is 16.0 Å².